The number of rotatable bonds is 13. The van der Waals surface area contributed by atoms with Crippen LogP contribution in [0.1, 0.15) is 45.4 Å². The van der Waals surface area contributed by atoms with Gasteiger partial charge in [-0.05, 0) is 18.5 Å². The maximum Gasteiger partial charge on any atom is 0.337 e. The molecule has 118 valence electrons. The van der Waals surface area contributed by atoms with Crippen LogP contribution in [0.4, 0.5) is 0 Å². The van der Waals surface area contributed by atoms with E-state index >= 15 is 0 Å². The summed E-state index contributed by atoms with van der Waals surface area (Å²) in [4.78, 5) is 10.8. The second kappa shape index (κ2) is 12.1. The summed E-state index contributed by atoms with van der Waals surface area (Å²) >= 11 is 0. The van der Waals surface area contributed by atoms with Gasteiger partial charge in [-0.3, -0.25) is 0 Å². The average molecular weight is 302 g/mol. The quantitative estimate of drug-likeness (QED) is 0.225. The summed E-state index contributed by atoms with van der Waals surface area (Å²) in [5.41, 5.74) is 0. The predicted molar refractivity (Wildman–Crippen MR) is 83.9 cm³/mol. The maximum atomic E-state index is 10.8. The van der Waals surface area contributed by atoms with Gasteiger partial charge in [-0.2, -0.15) is 0 Å². The molecule has 0 spiro atoms. The first kappa shape index (κ1) is 19.3. The molecule has 0 aliphatic heterocycles. The fourth-order valence-electron chi connectivity index (χ4n) is 2.26. The molecule has 0 amide bonds. The van der Waals surface area contributed by atoms with Gasteiger partial charge in [0.2, 0.25) is 0 Å². The van der Waals surface area contributed by atoms with Gasteiger partial charge in [0.15, 0.2) is 0 Å². The standard InChI is InChI=1S/C15H30O4Si/c1-5-13-20(17-3,18-4)14-11-9-7-8-10-12-19-15(16)6-2/h6H,2,5,7-14H2,1,3-4H3. The molecule has 0 saturated heterocycles. The Kier molecular flexibility index (Phi) is 11.7. The van der Waals surface area contributed by atoms with Crippen molar-refractivity contribution in [3.8, 4) is 0 Å². The van der Waals surface area contributed by atoms with E-state index in [-0.39, 0.29) is 5.97 Å². The number of hydrogen-bond donors (Lipinski definition) is 0. The fraction of sp³-hybridized carbons (Fsp3) is 0.800. The Balaban J connectivity index is 3.59. The Labute approximate surface area is 124 Å². The summed E-state index contributed by atoms with van der Waals surface area (Å²) in [6.07, 6.45) is 7.82. The molecule has 0 heterocycles. The Bertz CT molecular complexity index is 265. The van der Waals surface area contributed by atoms with E-state index in [1.807, 2.05) is 0 Å². The van der Waals surface area contributed by atoms with Crippen molar-refractivity contribution in [2.45, 2.75) is 57.5 Å². The molecule has 0 radical (unpaired) electrons. The number of esters is 1. The van der Waals surface area contributed by atoms with Gasteiger partial charge < -0.3 is 13.6 Å². The Hall–Kier alpha value is -0.653. The zero-order valence-corrected chi connectivity index (χ0v) is 14.3. The van der Waals surface area contributed by atoms with Crippen LogP contribution in [0.15, 0.2) is 12.7 Å². The summed E-state index contributed by atoms with van der Waals surface area (Å²) in [5.74, 6) is -0.333. The zero-order valence-electron chi connectivity index (χ0n) is 13.3. The van der Waals surface area contributed by atoms with Crippen LogP contribution in [-0.4, -0.2) is 35.4 Å². The van der Waals surface area contributed by atoms with Crippen LogP contribution >= 0.6 is 0 Å². The van der Waals surface area contributed by atoms with Crippen LogP contribution in [0.25, 0.3) is 0 Å². The van der Waals surface area contributed by atoms with Gasteiger partial charge in [-0.25, -0.2) is 4.79 Å². The third-order valence-electron chi connectivity index (χ3n) is 3.49. The van der Waals surface area contributed by atoms with Crippen molar-refractivity contribution in [3.05, 3.63) is 12.7 Å². The van der Waals surface area contributed by atoms with Crippen molar-refractivity contribution in [1.82, 2.24) is 0 Å². The van der Waals surface area contributed by atoms with Crippen LogP contribution in [0.5, 0.6) is 0 Å². The lowest BCUT2D eigenvalue weighted by Gasteiger charge is -2.27. The lowest BCUT2D eigenvalue weighted by Crippen LogP contribution is -2.39. The molecule has 5 heteroatoms. The predicted octanol–water partition coefficient (Wildman–Crippen LogP) is 3.81. The van der Waals surface area contributed by atoms with Crippen LogP contribution in [0.3, 0.4) is 0 Å². The Morgan fingerprint density at radius 1 is 1.05 bits per heavy atom. The van der Waals surface area contributed by atoms with Crippen molar-refractivity contribution in [2.75, 3.05) is 20.8 Å². The van der Waals surface area contributed by atoms with Crippen molar-refractivity contribution in [3.63, 3.8) is 0 Å². The smallest absolute Gasteiger partial charge is 0.337 e. The van der Waals surface area contributed by atoms with Gasteiger partial charge in [0.05, 0.1) is 6.61 Å². The molecule has 20 heavy (non-hydrogen) atoms. The van der Waals surface area contributed by atoms with Crippen molar-refractivity contribution >= 4 is 14.5 Å². The van der Waals surface area contributed by atoms with Crippen molar-refractivity contribution < 1.29 is 18.4 Å². The molecule has 0 aliphatic carbocycles. The molecule has 0 saturated carbocycles. The highest BCUT2D eigenvalue weighted by molar-refractivity contribution is 6.67. The van der Waals surface area contributed by atoms with Gasteiger partial charge in [0.25, 0.3) is 0 Å². The zero-order chi connectivity index (χ0) is 15.3. The average Bonchev–Trinajstić information content (AvgIpc) is 2.48. The van der Waals surface area contributed by atoms with Crippen LogP contribution < -0.4 is 0 Å². The SMILES string of the molecule is C=CC(=O)OCCCCCCC[Si](CCC)(OC)OC. The Morgan fingerprint density at radius 2 is 1.65 bits per heavy atom. The third-order valence-corrected chi connectivity index (χ3v) is 7.35. The lowest BCUT2D eigenvalue weighted by atomic mass is 10.2. The fourth-order valence-corrected chi connectivity index (χ4v) is 5.04. The Morgan fingerprint density at radius 3 is 2.20 bits per heavy atom. The minimum Gasteiger partial charge on any atom is -0.463 e. The van der Waals surface area contributed by atoms with Crippen LogP contribution in [0, 0.1) is 0 Å². The van der Waals surface area contributed by atoms with E-state index in [1.54, 1.807) is 14.2 Å². The van der Waals surface area contributed by atoms with Gasteiger partial charge in [-0.1, -0.05) is 45.6 Å². The third kappa shape index (κ3) is 8.50. The minimum atomic E-state index is -1.92. The molecular weight excluding hydrogens is 272 g/mol. The van der Waals surface area contributed by atoms with E-state index in [4.69, 9.17) is 13.6 Å². The minimum absolute atomic E-state index is 0.333. The number of hydrogen-bond acceptors (Lipinski definition) is 4. The monoisotopic (exact) mass is 302 g/mol. The molecule has 0 aromatic carbocycles. The molecule has 0 aliphatic rings. The van der Waals surface area contributed by atoms with Gasteiger partial charge in [0, 0.05) is 20.3 Å². The molecule has 0 unspecified atom stereocenters. The van der Waals surface area contributed by atoms with Crippen molar-refractivity contribution in [2.24, 2.45) is 0 Å². The topological polar surface area (TPSA) is 44.8 Å². The van der Waals surface area contributed by atoms with E-state index in [1.165, 1.54) is 12.5 Å². The van der Waals surface area contributed by atoms with E-state index < -0.39 is 8.56 Å². The highest BCUT2D eigenvalue weighted by Gasteiger charge is 2.33. The highest BCUT2D eigenvalue weighted by atomic mass is 28.4. The molecule has 4 nitrogen and oxygen atoms in total. The maximum absolute atomic E-state index is 10.8. The van der Waals surface area contributed by atoms with Crippen molar-refractivity contribution in [1.29, 1.82) is 0 Å². The van der Waals surface area contributed by atoms with E-state index in [2.05, 4.69) is 13.5 Å². The normalized spacial score (nSPS) is 11.3. The molecular formula is C15H30O4Si. The molecule has 0 rings (SSSR count). The van der Waals surface area contributed by atoms with Gasteiger partial charge in [0.1, 0.15) is 0 Å². The summed E-state index contributed by atoms with van der Waals surface area (Å²) < 4.78 is 16.3. The lowest BCUT2D eigenvalue weighted by molar-refractivity contribution is -0.137. The van der Waals surface area contributed by atoms with E-state index in [9.17, 15) is 4.79 Å². The number of unbranched alkanes of at least 4 members (excludes halogenated alkanes) is 4. The van der Waals surface area contributed by atoms with E-state index in [0.29, 0.717) is 6.61 Å². The largest absolute Gasteiger partial charge is 0.463 e. The molecule has 0 bridgehead atoms. The highest BCUT2D eigenvalue weighted by Crippen LogP contribution is 2.23. The summed E-state index contributed by atoms with van der Waals surface area (Å²) in [6.45, 7) is 6.03. The summed E-state index contributed by atoms with van der Waals surface area (Å²) in [5, 5.41) is 0. The van der Waals surface area contributed by atoms with Crippen LogP contribution in [0.2, 0.25) is 12.1 Å². The summed E-state index contributed by atoms with van der Waals surface area (Å²) in [6, 6.07) is 2.14. The molecule has 0 N–H and O–H groups in total. The second-order valence-electron chi connectivity index (χ2n) is 4.96. The first-order chi connectivity index (χ1) is 9.64. The molecule has 0 fully saturated rings. The first-order valence-corrected chi connectivity index (χ1v) is 9.76. The van der Waals surface area contributed by atoms with Gasteiger partial charge in [-0.15, -0.1) is 0 Å². The number of carbonyl (C=O) groups excluding carboxylic acids is 1. The molecule has 0 atom stereocenters. The van der Waals surface area contributed by atoms with Crippen LogP contribution in [-0.2, 0) is 18.4 Å². The first-order valence-electron chi connectivity index (χ1n) is 7.53. The number of ether oxygens (including phenoxy) is 1. The van der Waals surface area contributed by atoms with Gasteiger partial charge >= 0.3 is 14.5 Å². The second-order valence-corrected chi connectivity index (χ2v) is 8.60. The number of carbonyl (C=O) groups is 1. The summed E-state index contributed by atoms with van der Waals surface area (Å²) in [7, 11) is 1.64. The molecule has 0 aromatic rings. The molecule has 0 aromatic heterocycles. The van der Waals surface area contributed by atoms with E-state index in [0.717, 1.165) is 44.2 Å².